The first-order chi connectivity index (χ1) is 10.6. The van der Waals surface area contributed by atoms with Crippen LogP contribution >= 0.6 is 0 Å². The second kappa shape index (κ2) is 5.72. The minimum Gasteiger partial charge on any atom is -0.454 e. The summed E-state index contributed by atoms with van der Waals surface area (Å²) in [6, 6.07) is 8.37. The van der Waals surface area contributed by atoms with Crippen LogP contribution in [-0.4, -0.2) is 23.6 Å². The molecule has 112 valence electrons. The van der Waals surface area contributed by atoms with E-state index in [2.05, 4.69) is 10.3 Å². The zero-order valence-electron chi connectivity index (χ0n) is 11.5. The summed E-state index contributed by atoms with van der Waals surface area (Å²) in [5.41, 5.74) is 6.47. The van der Waals surface area contributed by atoms with Crippen molar-refractivity contribution >= 4 is 11.8 Å². The first-order valence-corrected chi connectivity index (χ1v) is 6.56. The van der Waals surface area contributed by atoms with Gasteiger partial charge in [-0.25, -0.2) is 0 Å². The number of carbonyl (C=O) groups is 2. The fraction of sp³-hybridized carbons (Fsp3) is 0.133. The lowest BCUT2D eigenvalue weighted by Gasteiger charge is -2.06. The van der Waals surface area contributed by atoms with Crippen molar-refractivity contribution in [3.05, 3.63) is 53.3 Å². The Morgan fingerprint density at radius 3 is 2.73 bits per heavy atom. The number of nitrogens with zero attached hydrogens (tertiary/aromatic N) is 1. The molecule has 0 spiro atoms. The van der Waals surface area contributed by atoms with E-state index in [4.69, 9.17) is 15.2 Å². The van der Waals surface area contributed by atoms with Crippen LogP contribution in [0.1, 0.15) is 26.4 Å². The number of ether oxygens (including phenoxy) is 2. The molecule has 22 heavy (non-hydrogen) atoms. The van der Waals surface area contributed by atoms with E-state index in [1.807, 2.05) is 12.1 Å². The Morgan fingerprint density at radius 1 is 1.18 bits per heavy atom. The molecule has 1 aromatic carbocycles. The third-order valence-corrected chi connectivity index (χ3v) is 3.17. The summed E-state index contributed by atoms with van der Waals surface area (Å²) in [4.78, 5) is 26.8. The minimum atomic E-state index is -0.584. The smallest absolute Gasteiger partial charge is 0.270 e. The van der Waals surface area contributed by atoms with Gasteiger partial charge in [-0.2, -0.15) is 0 Å². The van der Waals surface area contributed by atoms with Crippen LogP contribution in [-0.2, 0) is 6.54 Å². The van der Waals surface area contributed by atoms with Gasteiger partial charge in [0.25, 0.3) is 5.91 Å². The molecule has 0 fully saturated rings. The van der Waals surface area contributed by atoms with Crippen molar-refractivity contribution in [2.45, 2.75) is 6.54 Å². The average Bonchev–Trinajstić information content (AvgIpc) is 3.00. The number of amides is 2. The summed E-state index contributed by atoms with van der Waals surface area (Å²) >= 11 is 0. The van der Waals surface area contributed by atoms with Gasteiger partial charge >= 0.3 is 0 Å². The van der Waals surface area contributed by atoms with E-state index in [1.54, 1.807) is 6.07 Å². The molecule has 0 unspecified atom stereocenters. The summed E-state index contributed by atoms with van der Waals surface area (Å²) in [5.74, 6) is 0.433. The van der Waals surface area contributed by atoms with Crippen LogP contribution in [0, 0.1) is 0 Å². The van der Waals surface area contributed by atoms with Crippen molar-refractivity contribution in [1.29, 1.82) is 0 Å². The highest BCUT2D eigenvalue weighted by molar-refractivity contribution is 5.95. The van der Waals surface area contributed by atoms with E-state index in [-0.39, 0.29) is 24.0 Å². The Kier molecular flexibility index (Phi) is 3.61. The summed E-state index contributed by atoms with van der Waals surface area (Å²) in [6.45, 7) is 0.538. The van der Waals surface area contributed by atoms with Crippen LogP contribution in [0.25, 0.3) is 0 Å². The van der Waals surface area contributed by atoms with Gasteiger partial charge < -0.3 is 20.5 Å². The zero-order valence-corrected chi connectivity index (χ0v) is 11.5. The number of benzene rings is 1. The number of rotatable bonds is 4. The van der Waals surface area contributed by atoms with Gasteiger partial charge in [-0.1, -0.05) is 6.07 Å². The summed E-state index contributed by atoms with van der Waals surface area (Å²) in [7, 11) is 0. The molecular weight excluding hydrogens is 286 g/mol. The lowest BCUT2D eigenvalue weighted by molar-refractivity contribution is 0.0943. The van der Waals surface area contributed by atoms with Gasteiger partial charge in [0.15, 0.2) is 11.5 Å². The summed E-state index contributed by atoms with van der Waals surface area (Å²) in [5, 5.41) is 2.74. The SMILES string of the molecule is NC(=O)c1ccc(C(=O)NCc2ccc3c(c2)OCO3)nc1. The van der Waals surface area contributed by atoms with Crippen molar-refractivity contribution in [2.75, 3.05) is 6.79 Å². The van der Waals surface area contributed by atoms with Gasteiger partial charge in [0.05, 0.1) is 5.56 Å². The maximum atomic E-state index is 12.0. The van der Waals surface area contributed by atoms with E-state index >= 15 is 0 Å². The molecule has 0 bridgehead atoms. The molecule has 1 aliphatic heterocycles. The van der Waals surface area contributed by atoms with E-state index in [9.17, 15) is 9.59 Å². The number of aromatic nitrogens is 1. The van der Waals surface area contributed by atoms with Gasteiger partial charge in [-0.05, 0) is 29.8 Å². The molecule has 2 heterocycles. The lowest BCUT2D eigenvalue weighted by atomic mass is 10.2. The number of hydrogen-bond donors (Lipinski definition) is 2. The second-order valence-corrected chi connectivity index (χ2v) is 4.67. The zero-order chi connectivity index (χ0) is 15.5. The molecule has 3 N–H and O–H groups in total. The monoisotopic (exact) mass is 299 g/mol. The molecule has 0 atom stereocenters. The summed E-state index contributed by atoms with van der Waals surface area (Å²) in [6.07, 6.45) is 1.28. The number of carbonyl (C=O) groups excluding carboxylic acids is 2. The third kappa shape index (κ3) is 2.83. The van der Waals surface area contributed by atoms with Gasteiger partial charge in [0, 0.05) is 12.7 Å². The average molecular weight is 299 g/mol. The van der Waals surface area contributed by atoms with E-state index in [1.165, 1.54) is 18.3 Å². The number of nitrogens with one attached hydrogen (secondary N) is 1. The standard InChI is InChI=1S/C15H13N3O4/c16-14(19)10-2-3-11(17-7-10)15(20)18-6-9-1-4-12-13(5-9)22-8-21-12/h1-5,7H,6,8H2,(H2,16,19)(H,18,20). The molecule has 0 saturated carbocycles. The van der Waals surface area contributed by atoms with Crippen LogP contribution in [0.3, 0.4) is 0 Å². The van der Waals surface area contributed by atoms with Crippen molar-refractivity contribution < 1.29 is 19.1 Å². The molecule has 1 aliphatic rings. The van der Waals surface area contributed by atoms with E-state index in [0.29, 0.717) is 18.0 Å². The number of pyridine rings is 1. The molecule has 3 rings (SSSR count). The molecule has 7 heteroatoms. The van der Waals surface area contributed by atoms with Crippen molar-refractivity contribution in [3.63, 3.8) is 0 Å². The predicted molar refractivity (Wildman–Crippen MR) is 76.5 cm³/mol. The fourth-order valence-corrected chi connectivity index (χ4v) is 2.00. The van der Waals surface area contributed by atoms with Crippen molar-refractivity contribution in [3.8, 4) is 11.5 Å². The van der Waals surface area contributed by atoms with Crippen LogP contribution in [0.4, 0.5) is 0 Å². The molecule has 1 aromatic heterocycles. The first kappa shape index (κ1) is 13.9. The number of nitrogens with two attached hydrogens (primary N) is 1. The Labute approximate surface area is 126 Å². The molecule has 2 amide bonds. The largest absolute Gasteiger partial charge is 0.454 e. The fourth-order valence-electron chi connectivity index (χ4n) is 2.00. The van der Waals surface area contributed by atoms with Gasteiger partial charge in [0.2, 0.25) is 12.7 Å². The maximum absolute atomic E-state index is 12.0. The van der Waals surface area contributed by atoms with Gasteiger partial charge in [-0.3, -0.25) is 14.6 Å². The second-order valence-electron chi connectivity index (χ2n) is 4.67. The minimum absolute atomic E-state index is 0.210. The third-order valence-electron chi connectivity index (χ3n) is 3.17. The van der Waals surface area contributed by atoms with Crippen LogP contribution in [0.5, 0.6) is 11.5 Å². The quantitative estimate of drug-likeness (QED) is 0.870. The van der Waals surface area contributed by atoms with Gasteiger partial charge in [-0.15, -0.1) is 0 Å². The highest BCUT2D eigenvalue weighted by Gasteiger charge is 2.14. The Bertz CT molecular complexity index is 728. The molecule has 7 nitrogen and oxygen atoms in total. The highest BCUT2D eigenvalue weighted by atomic mass is 16.7. The number of fused-ring (bicyclic) bond motifs is 1. The van der Waals surface area contributed by atoms with Crippen LogP contribution < -0.4 is 20.5 Å². The maximum Gasteiger partial charge on any atom is 0.270 e. The Balaban J connectivity index is 1.63. The predicted octanol–water partition coefficient (Wildman–Crippen LogP) is 0.839. The van der Waals surface area contributed by atoms with Crippen molar-refractivity contribution in [1.82, 2.24) is 10.3 Å². The van der Waals surface area contributed by atoms with E-state index < -0.39 is 5.91 Å². The van der Waals surface area contributed by atoms with Crippen molar-refractivity contribution in [2.24, 2.45) is 5.73 Å². The number of primary amides is 1. The van der Waals surface area contributed by atoms with Crippen LogP contribution in [0.2, 0.25) is 0 Å². The molecule has 0 radical (unpaired) electrons. The molecule has 0 saturated heterocycles. The Hall–Kier alpha value is -3.09. The first-order valence-electron chi connectivity index (χ1n) is 6.56. The molecule has 2 aromatic rings. The number of hydrogen-bond acceptors (Lipinski definition) is 5. The lowest BCUT2D eigenvalue weighted by Crippen LogP contribution is -2.24. The van der Waals surface area contributed by atoms with E-state index in [0.717, 1.165) is 5.56 Å². The van der Waals surface area contributed by atoms with Crippen LogP contribution in [0.15, 0.2) is 36.5 Å². The normalized spacial score (nSPS) is 12.0. The Morgan fingerprint density at radius 2 is 2.00 bits per heavy atom. The molecular formula is C15H13N3O4. The van der Waals surface area contributed by atoms with Gasteiger partial charge in [0.1, 0.15) is 5.69 Å². The highest BCUT2D eigenvalue weighted by Crippen LogP contribution is 2.32. The topological polar surface area (TPSA) is 104 Å². The summed E-state index contributed by atoms with van der Waals surface area (Å²) < 4.78 is 10.5. The molecule has 0 aliphatic carbocycles.